The standard InChI is InChI=1S/C13H15FO/c1-2-3-4-13(15)10-7-11-5-8-12(14)9-6-11/h5-10H,2-4H2,1H3/b10-7+. The number of ketones is 1. The molecule has 1 aromatic rings. The van der Waals surface area contributed by atoms with Gasteiger partial charge in [-0.3, -0.25) is 4.79 Å². The summed E-state index contributed by atoms with van der Waals surface area (Å²) in [5.74, 6) is -0.134. The molecular weight excluding hydrogens is 191 g/mol. The van der Waals surface area contributed by atoms with Crippen molar-refractivity contribution in [2.75, 3.05) is 0 Å². The topological polar surface area (TPSA) is 17.1 Å². The molecule has 0 radical (unpaired) electrons. The highest BCUT2D eigenvalue weighted by atomic mass is 19.1. The lowest BCUT2D eigenvalue weighted by Gasteiger charge is -1.93. The van der Waals surface area contributed by atoms with Crippen molar-refractivity contribution in [3.63, 3.8) is 0 Å². The Hall–Kier alpha value is -1.44. The molecule has 0 aliphatic heterocycles. The van der Waals surface area contributed by atoms with Gasteiger partial charge >= 0.3 is 0 Å². The molecule has 0 aliphatic carbocycles. The van der Waals surface area contributed by atoms with Crippen LogP contribution in [0.3, 0.4) is 0 Å². The van der Waals surface area contributed by atoms with Gasteiger partial charge in [0.25, 0.3) is 0 Å². The summed E-state index contributed by atoms with van der Waals surface area (Å²) < 4.78 is 12.6. The molecule has 0 spiro atoms. The molecule has 1 rings (SSSR count). The fourth-order valence-electron chi connectivity index (χ4n) is 1.20. The van der Waals surface area contributed by atoms with Crippen molar-refractivity contribution in [3.05, 3.63) is 41.7 Å². The molecule has 2 heteroatoms. The van der Waals surface area contributed by atoms with Crippen LogP contribution in [0.2, 0.25) is 0 Å². The Balaban J connectivity index is 2.50. The minimum Gasteiger partial charge on any atom is -0.295 e. The van der Waals surface area contributed by atoms with Crippen LogP contribution in [-0.2, 0) is 4.79 Å². The van der Waals surface area contributed by atoms with Gasteiger partial charge in [0.05, 0.1) is 0 Å². The number of carbonyl (C=O) groups is 1. The van der Waals surface area contributed by atoms with Crippen LogP contribution in [-0.4, -0.2) is 5.78 Å². The van der Waals surface area contributed by atoms with Gasteiger partial charge in [0.1, 0.15) is 5.82 Å². The van der Waals surface area contributed by atoms with E-state index in [2.05, 4.69) is 6.92 Å². The van der Waals surface area contributed by atoms with Crippen LogP contribution in [0.5, 0.6) is 0 Å². The SMILES string of the molecule is CCCCC(=O)/C=C/c1ccc(F)cc1. The summed E-state index contributed by atoms with van der Waals surface area (Å²) in [6.45, 7) is 2.05. The van der Waals surface area contributed by atoms with Crippen LogP contribution in [0.1, 0.15) is 31.7 Å². The normalized spacial score (nSPS) is 10.8. The summed E-state index contributed by atoms with van der Waals surface area (Å²) in [6.07, 6.45) is 5.82. The second-order valence-corrected chi connectivity index (χ2v) is 3.45. The molecule has 0 aromatic heterocycles. The van der Waals surface area contributed by atoms with Crippen molar-refractivity contribution in [3.8, 4) is 0 Å². The molecule has 1 nitrogen and oxygen atoms in total. The number of rotatable bonds is 5. The lowest BCUT2D eigenvalue weighted by atomic mass is 10.1. The molecular formula is C13H15FO. The first-order valence-electron chi connectivity index (χ1n) is 5.19. The molecule has 80 valence electrons. The Labute approximate surface area is 89.6 Å². The third-order valence-electron chi connectivity index (χ3n) is 2.11. The number of hydrogen-bond donors (Lipinski definition) is 0. The molecule has 0 fully saturated rings. The van der Waals surface area contributed by atoms with Crippen LogP contribution >= 0.6 is 0 Å². The predicted molar refractivity (Wildman–Crippen MR) is 60.0 cm³/mol. The molecule has 0 unspecified atom stereocenters. The van der Waals surface area contributed by atoms with E-state index >= 15 is 0 Å². The van der Waals surface area contributed by atoms with Crippen molar-refractivity contribution in [2.45, 2.75) is 26.2 Å². The fourth-order valence-corrected chi connectivity index (χ4v) is 1.20. The number of hydrogen-bond acceptors (Lipinski definition) is 1. The van der Waals surface area contributed by atoms with E-state index in [0.717, 1.165) is 18.4 Å². The number of halogens is 1. The van der Waals surface area contributed by atoms with E-state index in [9.17, 15) is 9.18 Å². The van der Waals surface area contributed by atoms with Gasteiger partial charge in [0.2, 0.25) is 0 Å². The molecule has 0 saturated heterocycles. The molecule has 0 aliphatic rings. The maximum absolute atomic E-state index is 12.6. The summed E-state index contributed by atoms with van der Waals surface area (Å²) in [6, 6.07) is 6.07. The van der Waals surface area contributed by atoms with Gasteiger partial charge in [-0.25, -0.2) is 4.39 Å². The van der Waals surface area contributed by atoms with Crippen molar-refractivity contribution in [1.82, 2.24) is 0 Å². The quantitative estimate of drug-likeness (QED) is 0.673. The van der Waals surface area contributed by atoms with Crippen LogP contribution in [0.15, 0.2) is 30.3 Å². The molecule has 0 bridgehead atoms. The molecule has 0 heterocycles. The molecule has 15 heavy (non-hydrogen) atoms. The molecule has 0 amide bonds. The monoisotopic (exact) mass is 206 g/mol. The summed E-state index contributed by atoms with van der Waals surface area (Å²) in [4.78, 5) is 11.3. The maximum Gasteiger partial charge on any atom is 0.155 e. The van der Waals surface area contributed by atoms with Crippen LogP contribution in [0.4, 0.5) is 4.39 Å². The summed E-state index contributed by atoms with van der Waals surface area (Å²) in [5.41, 5.74) is 0.848. The highest BCUT2D eigenvalue weighted by Gasteiger charge is 1.95. The number of allylic oxidation sites excluding steroid dienone is 1. The Morgan fingerprint density at radius 3 is 2.60 bits per heavy atom. The maximum atomic E-state index is 12.6. The smallest absolute Gasteiger partial charge is 0.155 e. The minimum absolute atomic E-state index is 0.126. The van der Waals surface area contributed by atoms with Crippen molar-refractivity contribution in [1.29, 1.82) is 0 Å². The second-order valence-electron chi connectivity index (χ2n) is 3.45. The highest BCUT2D eigenvalue weighted by molar-refractivity contribution is 5.93. The van der Waals surface area contributed by atoms with Gasteiger partial charge in [-0.2, -0.15) is 0 Å². The first-order valence-corrected chi connectivity index (χ1v) is 5.19. The van der Waals surface area contributed by atoms with E-state index in [1.54, 1.807) is 24.3 Å². The Morgan fingerprint density at radius 2 is 2.00 bits per heavy atom. The van der Waals surface area contributed by atoms with Gasteiger partial charge in [0.15, 0.2) is 5.78 Å². The molecule has 0 saturated carbocycles. The molecule has 0 atom stereocenters. The van der Waals surface area contributed by atoms with E-state index in [0.29, 0.717) is 6.42 Å². The molecule has 1 aromatic carbocycles. The van der Waals surface area contributed by atoms with Gasteiger partial charge in [-0.05, 0) is 30.2 Å². The zero-order valence-corrected chi connectivity index (χ0v) is 8.87. The van der Waals surface area contributed by atoms with E-state index in [1.807, 2.05) is 0 Å². The van der Waals surface area contributed by atoms with Gasteiger partial charge in [-0.1, -0.05) is 31.6 Å². The van der Waals surface area contributed by atoms with Gasteiger partial charge < -0.3 is 0 Å². The zero-order chi connectivity index (χ0) is 11.1. The second kappa shape index (κ2) is 6.12. The number of benzene rings is 1. The first kappa shape index (κ1) is 11.6. The van der Waals surface area contributed by atoms with E-state index < -0.39 is 0 Å². The van der Waals surface area contributed by atoms with Gasteiger partial charge in [-0.15, -0.1) is 0 Å². The summed E-state index contributed by atoms with van der Waals surface area (Å²) in [5, 5.41) is 0. The number of carbonyl (C=O) groups excluding carboxylic acids is 1. The fraction of sp³-hybridized carbons (Fsp3) is 0.308. The zero-order valence-electron chi connectivity index (χ0n) is 8.87. The van der Waals surface area contributed by atoms with Crippen molar-refractivity contribution >= 4 is 11.9 Å². The van der Waals surface area contributed by atoms with Crippen LogP contribution < -0.4 is 0 Å². The van der Waals surface area contributed by atoms with E-state index in [4.69, 9.17) is 0 Å². The Bertz CT molecular complexity index is 338. The van der Waals surface area contributed by atoms with Gasteiger partial charge in [0, 0.05) is 6.42 Å². The van der Waals surface area contributed by atoms with E-state index in [-0.39, 0.29) is 11.6 Å². The van der Waals surface area contributed by atoms with Crippen LogP contribution in [0, 0.1) is 5.82 Å². The average Bonchev–Trinajstić information content (AvgIpc) is 2.25. The lowest BCUT2D eigenvalue weighted by molar-refractivity contribution is -0.114. The first-order chi connectivity index (χ1) is 7.22. The molecule has 0 N–H and O–H groups in total. The largest absolute Gasteiger partial charge is 0.295 e. The third-order valence-corrected chi connectivity index (χ3v) is 2.11. The predicted octanol–water partition coefficient (Wildman–Crippen LogP) is 3.60. The highest BCUT2D eigenvalue weighted by Crippen LogP contribution is 2.05. The average molecular weight is 206 g/mol. The third kappa shape index (κ3) is 4.54. The number of unbranched alkanes of at least 4 members (excludes halogenated alkanes) is 1. The summed E-state index contributed by atoms with van der Waals surface area (Å²) >= 11 is 0. The Kier molecular flexibility index (Phi) is 4.75. The lowest BCUT2D eigenvalue weighted by Crippen LogP contribution is -1.90. The summed E-state index contributed by atoms with van der Waals surface area (Å²) in [7, 11) is 0. The Morgan fingerprint density at radius 1 is 1.33 bits per heavy atom. The van der Waals surface area contributed by atoms with Crippen LogP contribution in [0.25, 0.3) is 6.08 Å². The van der Waals surface area contributed by atoms with Crippen molar-refractivity contribution in [2.24, 2.45) is 0 Å². The van der Waals surface area contributed by atoms with Crippen molar-refractivity contribution < 1.29 is 9.18 Å². The minimum atomic E-state index is -0.260. The van der Waals surface area contributed by atoms with E-state index in [1.165, 1.54) is 12.1 Å².